The van der Waals surface area contributed by atoms with Crippen molar-refractivity contribution in [3.8, 4) is 0 Å². The second kappa shape index (κ2) is 9.43. The van der Waals surface area contributed by atoms with Crippen molar-refractivity contribution in [2.24, 2.45) is 5.92 Å². The van der Waals surface area contributed by atoms with E-state index in [9.17, 15) is 14.4 Å². The van der Waals surface area contributed by atoms with Crippen molar-refractivity contribution in [1.82, 2.24) is 15.5 Å². The van der Waals surface area contributed by atoms with Gasteiger partial charge in [0.05, 0.1) is 10.8 Å². The van der Waals surface area contributed by atoms with Gasteiger partial charge in [-0.25, -0.2) is 0 Å². The molecule has 1 aliphatic carbocycles. The highest BCUT2D eigenvalue weighted by Crippen LogP contribution is 2.22. The number of carbonyl (C=O) groups excluding carboxylic acids is 3. The molecule has 0 bridgehead atoms. The fraction of sp³-hybridized carbons (Fsp3) is 0.435. The zero-order chi connectivity index (χ0) is 20.9. The van der Waals surface area contributed by atoms with Gasteiger partial charge in [0.15, 0.2) is 0 Å². The number of amides is 3. The molecule has 1 aromatic heterocycles. The number of carbonyl (C=O) groups is 3. The molecule has 0 radical (unpaired) electrons. The lowest BCUT2D eigenvalue weighted by molar-refractivity contribution is -0.132. The molecule has 2 heterocycles. The molecule has 2 N–H and O–H groups in total. The molecule has 2 aliphatic rings. The number of benzene rings is 1. The van der Waals surface area contributed by atoms with Gasteiger partial charge in [-0.1, -0.05) is 36.4 Å². The summed E-state index contributed by atoms with van der Waals surface area (Å²) < 4.78 is 0. The van der Waals surface area contributed by atoms with Gasteiger partial charge in [-0.15, -0.1) is 11.3 Å². The normalized spacial score (nSPS) is 19.7. The van der Waals surface area contributed by atoms with Gasteiger partial charge in [0.2, 0.25) is 11.8 Å². The molecule has 0 spiro atoms. The molecule has 2 aromatic rings. The van der Waals surface area contributed by atoms with Gasteiger partial charge in [0, 0.05) is 25.6 Å². The van der Waals surface area contributed by atoms with Crippen LogP contribution < -0.4 is 10.6 Å². The van der Waals surface area contributed by atoms with Gasteiger partial charge < -0.3 is 15.5 Å². The van der Waals surface area contributed by atoms with E-state index in [2.05, 4.69) is 10.6 Å². The number of likely N-dealkylation sites (tertiary alicyclic amines) is 1. The predicted octanol–water partition coefficient (Wildman–Crippen LogP) is 2.61. The number of nitrogens with zero attached hydrogens (tertiary/aromatic N) is 1. The summed E-state index contributed by atoms with van der Waals surface area (Å²) in [5.74, 6) is -0.591. The third-order valence-corrected chi connectivity index (χ3v) is 6.51. The Morgan fingerprint density at radius 1 is 1.07 bits per heavy atom. The van der Waals surface area contributed by atoms with E-state index < -0.39 is 6.04 Å². The summed E-state index contributed by atoms with van der Waals surface area (Å²) >= 11 is 1.42. The van der Waals surface area contributed by atoms with Crippen LogP contribution in [-0.2, 0) is 16.0 Å². The first-order chi connectivity index (χ1) is 14.6. The Morgan fingerprint density at radius 2 is 1.87 bits per heavy atom. The molecule has 2 fully saturated rings. The molecule has 1 saturated carbocycles. The maximum atomic E-state index is 13.0. The van der Waals surface area contributed by atoms with Crippen molar-refractivity contribution in [3.63, 3.8) is 0 Å². The highest BCUT2D eigenvalue weighted by Gasteiger charge is 2.33. The first-order valence-electron chi connectivity index (χ1n) is 10.6. The first-order valence-corrected chi connectivity index (χ1v) is 11.5. The summed E-state index contributed by atoms with van der Waals surface area (Å²) in [6, 6.07) is 13.0. The molecule has 1 aliphatic heterocycles. The minimum absolute atomic E-state index is 0.0187. The number of rotatable bonds is 7. The molecule has 3 amide bonds. The van der Waals surface area contributed by atoms with Crippen LogP contribution in [0.3, 0.4) is 0 Å². The number of hydrogen-bond donors (Lipinski definition) is 2. The number of nitrogens with one attached hydrogen (secondary N) is 2. The minimum atomic E-state index is -0.608. The van der Waals surface area contributed by atoms with Crippen molar-refractivity contribution in [1.29, 1.82) is 0 Å². The summed E-state index contributed by atoms with van der Waals surface area (Å²) in [6.45, 7) is 1.06. The van der Waals surface area contributed by atoms with Crippen molar-refractivity contribution in [3.05, 3.63) is 58.3 Å². The zero-order valence-electron chi connectivity index (χ0n) is 16.9. The van der Waals surface area contributed by atoms with Gasteiger partial charge >= 0.3 is 0 Å². The summed E-state index contributed by atoms with van der Waals surface area (Å²) in [7, 11) is 0. The molecule has 158 valence electrons. The summed E-state index contributed by atoms with van der Waals surface area (Å²) in [5, 5.41) is 7.87. The maximum absolute atomic E-state index is 13.0. The average Bonchev–Trinajstić information content (AvgIpc) is 3.41. The van der Waals surface area contributed by atoms with Crippen molar-refractivity contribution in [2.45, 2.75) is 44.2 Å². The minimum Gasteiger partial charge on any atom is -0.352 e. The molecule has 1 saturated heterocycles. The van der Waals surface area contributed by atoms with Crippen molar-refractivity contribution in [2.75, 3.05) is 13.1 Å². The Bertz CT molecular complexity index is 880. The van der Waals surface area contributed by atoms with Gasteiger partial charge in [-0.3, -0.25) is 14.4 Å². The first kappa shape index (κ1) is 20.6. The lowest BCUT2D eigenvalue weighted by atomic mass is 9.96. The third kappa shape index (κ3) is 5.27. The fourth-order valence-corrected chi connectivity index (χ4v) is 4.50. The van der Waals surface area contributed by atoms with Crippen LogP contribution in [-0.4, -0.2) is 47.8 Å². The number of piperidine rings is 1. The van der Waals surface area contributed by atoms with Crippen LogP contribution in [0.15, 0.2) is 47.8 Å². The summed E-state index contributed by atoms with van der Waals surface area (Å²) in [5.41, 5.74) is 1.01. The van der Waals surface area contributed by atoms with Crippen molar-refractivity contribution < 1.29 is 14.4 Å². The molecular formula is C23H27N3O3S. The highest BCUT2D eigenvalue weighted by atomic mass is 32.1. The quantitative estimate of drug-likeness (QED) is 0.716. The van der Waals surface area contributed by atoms with Gasteiger partial charge in [0.25, 0.3) is 5.91 Å². The van der Waals surface area contributed by atoms with Gasteiger partial charge in [0.1, 0.15) is 6.04 Å². The van der Waals surface area contributed by atoms with E-state index in [0.29, 0.717) is 24.4 Å². The highest BCUT2D eigenvalue weighted by molar-refractivity contribution is 7.12. The van der Waals surface area contributed by atoms with E-state index in [0.717, 1.165) is 31.2 Å². The lowest BCUT2D eigenvalue weighted by Crippen LogP contribution is -2.52. The van der Waals surface area contributed by atoms with E-state index in [-0.39, 0.29) is 29.7 Å². The Kier molecular flexibility index (Phi) is 6.47. The molecular weight excluding hydrogens is 398 g/mol. The Labute approximate surface area is 180 Å². The molecule has 7 heteroatoms. The van der Waals surface area contributed by atoms with Gasteiger partial charge in [-0.2, -0.15) is 0 Å². The van der Waals surface area contributed by atoms with Crippen molar-refractivity contribution >= 4 is 29.1 Å². The third-order valence-electron chi connectivity index (χ3n) is 5.65. The number of hydrogen-bond acceptors (Lipinski definition) is 4. The maximum Gasteiger partial charge on any atom is 0.263 e. The van der Waals surface area contributed by atoms with Crippen LogP contribution in [0.4, 0.5) is 0 Å². The molecule has 2 unspecified atom stereocenters. The average molecular weight is 426 g/mol. The van der Waals surface area contributed by atoms with E-state index in [1.807, 2.05) is 47.8 Å². The smallest absolute Gasteiger partial charge is 0.263 e. The summed E-state index contributed by atoms with van der Waals surface area (Å²) in [4.78, 5) is 40.9. The van der Waals surface area contributed by atoms with Crippen LogP contribution in [0, 0.1) is 5.92 Å². The second-order valence-corrected chi connectivity index (χ2v) is 9.05. The molecule has 2 atom stereocenters. The second-order valence-electron chi connectivity index (χ2n) is 8.10. The van der Waals surface area contributed by atoms with E-state index in [1.165, 1.54) is 11.3 Å². The van der Waals surface area contributed by atoms with Crippen LogP contribution in [0.2, 0.25) is 0 Å². The van der Waals surface area contributed by atoms with Crippen LogP contribution in [0.25, 0.3) is 0 Å². The molecule has 1 aromatic carbocycles. The lowest BCUT2D eigenvalue weighted by Gasteiger charge is -2.32. The Hall–Kier alpha value is -2.67. The van der Waals surface area contributed by atoms with Crippen LogP contribution >= 0.6 is 11.3 Å². The largest absolute Gasteiger partial charge is 0.352 e. The van der Waals surface area contributed by atoms with E-state index >= 15 is 0 Å². The fourth-order valence-electron chi connectivity index (χ4n) is 3.81. The molecule has 30 heavy (non-hydrogen) atoms. The number of thiophene rings is 1. The van der Waals surface area contributed by atoms with E-state index in [4.69, 9.17) is 0 Å². The van der Waals surface area contributed by atoms with Crippen LogP contribution in [0.5, 0.6) is 0 Å². The van der Waals surface area contributed by atoms with E-state index in [1.54, 1.807) is 4.90 Å². The standard InChI is InChI=1S/C23H27N3O3S/c27-21(17-8-4-12-26(15-17)23(29)20-9-5-13-30-20)25-19(22(28)24-18-10-11-18)14-16-6-2-1-3-7-16/h1-3,5-7,9,13,17-19H,4,8,10-12,14-15H2,(H,24,28)(H,25,27). The summed E-state index contributed by atoms with van der Waals surface area (Å²) in [6.07, 6.45) is 3.96. The Morgan fingerprint density at radius 3 is 2.57 bits per heavy atom. The monoisotopic (exact) mass is 425 g/mol. The molecule has 4 rings (SSSR count). The molecule has 6 nitrogen and oxygen atoms in total. The predicted molar refractivity (Wildman–Crippen MR) is 116 cm³/mol. The topological polar surface area (TPSA) is 78.5 Å². The SMILES string of the molecule is O=C(NC(Cc1ccccc1)C(=O)NC1CC1)C1CCCN(C(=O)c2cccs2)C1. The van der Waals surface area contributed by atoms with Crippen LogP contribution in [0.1, 0.15) is 40.9 Å². The van der Waals surface area contributed by atoms with Gasteiger partial charge in [-0.05, 0) is 42.7 Å². The zero-order valence-corrected chi connectivity index (χ0v) is 17.7. The Balaban J connectivity index is 1.40.